The Kier molecular flexibility index (Phi) is 4.88. The number of aromatic nitrogens is 2. The first-order chi connectivity index (χ1) is 12.6. The smallest absolute Gasteiger partial charge is 0.321 e. The molecule has 1 fully saturated rings. The van der Waals surface area contributed by atoms with Crippen LogP contribution in [0, 0.1) is 12.8 Å². The molecule has 0 bridgehead atoms. The Labute approximate surface area is 159 Å². The van der Waals surface area contributed by atoms with Gasteiger partial charge in [0.15, 0.2) is 0 Å². The summed E-state index contributed by atoms with van der Waals surface area (Å²) in [5.41, 5.74) is 3.25. The molecule has 2 aromatic heterocycles. The van der Waals surface area contributed by atoms with E-state index in [-0.39, 0.29) is 11.9 Å². The van der Waals surface area contributed by atoms with Gasteiger partial charge in [-0.3, -0.25) is 0 Å². The molecule has 0 aliphatic carbocycles. The highest BCUT2D eigenvalue weighted by molar-refractivity contribution is 7.10. The van der Waals surface area contributed by atoms with Gasteiger partial charge in [0.05, 0.1) is 23.5 Å². The number of aliphatic hydroxyl groups excluding tert-OH is 1. The van der Waals surface area contributed by atoms with Crippen LogP contribution in [0.1, 0.15) is 29.4 Å². The van der Waals surface area contributed by atoms with Gasteiger partial charge < -0.3 is 15.3 Å². The van der Waals surface area contributed by atoms with Crippen LogP contribution in [0.2, 0.25) is 0 Å². The Hall–Kier alpha value is -2.03. The van der Waals surface area contributed by atoms with Gasteiger partial charge in [-0.15, -0.1) is 11.3 Å². The fraction of sp³-hybridized carbons (Fsp3) is 0.389. The van der Waals surface area contributed by atoms with Gasteiger partial charge in [0.2, 0.25) is 0 Å². The maximum atomic E-state index is 12.7. The highest BCUT2D eigenvalue weighted by Gasteiger charge is 2.29. The number of benzene rings is 1. The number of rotatable bonds is 3. The summed E-state index contributed by atoms with van der Waals surface area (Å²) in [6, 6.07) is 7.68. The molecule has 1 saturated heterocycles. The average Bonchev–Trinajstić information content (AvgIpc) is 3.35. The number of thiophene rings is 1. The van der Waals surface area contributed by atoms with Crippen LogP contribution in [0.5, 0.6) is 0 Å². The van der Waals surface area contributed by atoms with E-state index < -0.39 is 6.10 Å². The van der Waals surface area contributed by atoms with Gasteiger partial charge in [0.25, 0.3) is 0 Å². The first-order valence-corrected chi connectivity index (χ1v) is 10.2. The minimum atomic E-state index is -0.433. The lowest BCUT2D eigenvalue weighted by molar-refractivity contribution is 0.0708. The highest BCUT2D eigenvalue weighted by Crippen LogP contribution is 2.33. The number of anilines is 1. The lowest BCUT2D eigenvalue weighted by Crippen LogP contribution is -2.42. The number of hydrogen-bond donors (Lipinski definition) is 2. The number of fused-ring (bicyclic) bond motifs is 1. The molecule has 0 unspecified atom stereocenters. The molecule has 0 saturated carbocycles. The predicted molar refractivity (Wildman–Crippen MR) is 105 cm³/mol. The van der Waals surface area contributed by atoms with Crippen LogP contribution in [0.3, 0.4) is 0 Å². The Morgan fingerprint density at radius 3 is 2.85 bits per heavy atom. The number of likely N-dealkylation sites (tertiary alicyclic amines) is 1. The van der Waals surface area contributed by atoms with Crippen LogP contribution in [0.15, 0.2) is 29.6 Å². The summed E-state index contributed by atoms with van der Waals surface area (Å²) >= 11 is 2.73. The summed E-state index contributed by atoms with van der Waals surface area (Å²) in [7, 11) is 0. The minimum Gasteiger partial charge on any atom is -0.387 e. The summed E-state index contributed by atoms with van der Waals surface area (Å²) in [4.78, 5) is 15.5. The topological polar surface area (TPSA) is 78.4 Å². The van der Waals surface area contributed by atoms with Crippen LogP contribution in [-0.4, -0.2) is 37.9 Å². The number of carbonyl (C=O) groups excluding carboxylic acids is 1. The second-order valence-corrected chi connectivity index (χ2v) is 8.11. The molecule has 1 atom stereocenters. The van der Waals surface area contributed by atoms with E-state index in [1.807, 2.05) is 41.5 Å². The molecule has 2 amide bonds. The van der Waals surface area contributed by atoms with Crippen molar-refractivity contribution in [1.29, 1.82) is 0 Å². The molecule has 0 radical (unpaired) electrons. The second-order valence-electron chi connectivity index (χ2n) is 6.60. The van der Waals surface area contributed by atoms with E-state index in [4.69, 9.17) is 0 Å². The molecule has 0 spiro atoms. The monoisotopic (exact) mass is 388 g/mol. The summed E-state index contributed by atoms with van der Waals surface area (Å²) in [6.07, 6.45) is 1.17. The third-order valence-corrected chi connectivity index (χ3v) is 6.46. The van der Waals surface area contributed by atoms with E-state index >= 15 is 0 Å². The van der Waals surface area contributed by atoms with Gasteiger partial charge in [-0.1, -0.05) is 12.1 Å². The van der Waals surface area contributed by atoms with E-state index in [1.165, 1.54) is 0 Å². The number of amides is 2. The van der Waals surface area contributed by atoms with Crippen LogP contribution in [-0.2, 0) is 0 Å². The molecule has 8 heteroatoms. The number of nitrogens with one attached hydrogen (secondary N) is 1. The molecular formula is C18H20N4O2S2. The number of nitrogens with zero attached hydrogens (tertiary/aromatic N) is 3. The van der Waals surface area contributed by atoms with E-state index in [2.05, 4.69) is 14.1 Å². The van der Waals surface area contributed by atoms with E-state index in [0.29, 0.717) is 13.1 Å². The molecule has 1 aliphatic rings. The third kappa shape index (κ3) is 3.32. The van der Waals surface area contributed by atoms with E-state index in [0.717, 1.165) is 51.7 Å². The molecule has 26 heavy (non-hydrogen) atoms. The Morgan fingerprint density at radius 2 is 2.12 bits per heavy atom. The standard InChI is InChI=1S/C18H20N4O2S2/c1-11-4-5-13-16(21-26-20-13)15(11)19-18(24)22-8-6-12(7-9-22)17(23)14-3-2-10-25-14/h2-5,10,12,17,23H,6-9H2,1H3,(H,19,24)/t17-/m1/s1. The first kappa shape index (κ1) is 17.4. The zero-order valence-electron chi connectivity index (χ0n) is 14.4. The number of aliphatic hydroxyl groups is 1. The van der Waals surface area contributed by atoms with Crippen LogP contribution in [0.4, 0.5) is 10.5 Å². The van der Waals surface area contributed by atoms with Crippen molar-refractivity contribution < 1.29 is 9.90 Å². The zero-order valence-corrected chi connectivity index (χ0v) is 16.0. The maximum absolute atomic E-state index is 12.7. The van der Waals surface area contributed by atoms with E-state index in [9.17, 15) is 9.90 Å². The van der Waals surface area contributed by atoms with Crippen LogP contribution < -0.4 is 5.32 Å². The molecule has 2 N–H and O–H groups in total. The molecule has 1 aromatic carbocycles. The van der Waals surface area contributed by atoms with Crippen molar-refractivity contribution in [3.8, 4) is 0 Å². The second kappa shape index (κ2) is 7.30. The number of urea groups is 1. The lowest BCUT2D eigenvalue weighted by atomic mass is 9.90. The molecule has 4 rings (SSSR count). The van der Waals surface area contributed by atoms with Gasteiger partial charge in [0, 0.05) is 18.0 Å². The van der Waals surface area contributed by atoms with Crippen molar-refractivity contribution in [3.05, 3.63) is 40.1 Å². The maximum Gasteiger partial charge on any atom is 0.321 e. The summed E-state index contributed by atoms with van der Waals surface area (Å²) in [5, 5.41) is 15.5. The number of hydrogen-bond acceptors (Lipinski definition) is 6. The first-order valence-electron chi connectivity index (χ1n) is 8.63. The fourth-order valence-corrected chi connectivity index (χ4v) is 4.75. The number of aryl methyl sites for hydroxylation is 1. The fourth-order valence-electron chi connectivity index (χ4n) is 3.41. The Balaban J connectivity index is 1.41. The number of carbonyl (C=O) groups is 1. The van der Waals surface area contributed by atoms with Crippen LogP contribution >= 0.6 is 23.1 Å². The van der Waals surface area contributed by atoms with Gasteiger partial charge >= 0.3 is 6.03 Å². The molecular weight excluding hydrogens is 368 g/mol. The largest absolute Gasteiger partial charge is 0.387 e. The normalized spacial score (nSPS) is 16.8. The van der Waals surface area contributed by atoms with E-state index in [1.54, 1.807) is 11.3 Å². The van der Waals surface area contributed by atoms with Gasteiger partial charge in [-0.25, -0.2) is 4.79 Å². The average molecular weight is 389 g/mol. The van der Waals surface area contributed by atoms with Crippen LogP contribution in [0.25, 0.3) is 11.0 Å². The van der Waals surface area contributed by atoms with Gasteiger partial charge in [-0.05, 0) is 48.8 Å². The quantitative estimate of drug-likeness (QED) is 0.710. The van der Waals surface area contributed by atoms with Crippen molar-refractivity contribution in [2.75, 3.05) is 18.4 Å². The summed E-state index contributed by atoms with van der Waals surface area (Å²) < 4.78 is 8.54. The molecule has 6 nitrogen and oxygen atoms in total. The predicted octanol–water partition coefficient (Wildman–Crippen LogP) is 4.04. The van der Waals surface area contributed by atoms with Crippen molar-refractivity contribution in [2.45, 2.75) is 25.9 Å². The summed E-state index contributed by atoms with van der Waals surface area (Å²) in [5.74, 6) is 0.200. The van der Waals surface area contributed by atoms with Crippen molar-refractivity contribution in [1.82, 2.24) is 13.6 Å². The molecule has 3 heterocycles. The zero-order chi connectivity index (χ0) is 18.1. The van der Waals surface area contributed by atoms with Gasteiger partial charge in [0.1, 0.15) is 11.0 Å². The third-order valence-electron chi connectivity index (χ3n) is 4.98. The van der Waals surface area contributed by atoms with Crippen molar-refractivity contribution in [2.24, 2.45) is 5.92 Å². The highest BCUT2D eigenvalue weighted by atomic mass is 32.1. The summed E-state index contributed by atoms with van der Waals surface area (Å²) in [6.45, 7) is 3.24. The van der Waals surface area contributed by atoms with Crippen molar-refractivity contribution in [3.63, 3.8) is 0 Å². The molecule has 1 aliphatic heterocycles. The van der Waals surface area contributed by atoms with Crippen molar-refractivity contribution >= 4 is 45.8 Å². The number of piperidine rings is 1. The lowest BCUT2D eigenvalue weighted by Gasteiger charge is -2.34. The molecule has 3 aromatic rings. The Bertz CT molecular complexity index is 901. The van der Waals surface area contributed by atoms with Gasteiger partial charge in [-0.2, -0.15) is 8.75 Å². The minimum absolute atomic E-state index is 0.113. The SMILES string of the molecule is Cc1ccc2nsnc2c1NC(=O)N1CCC([C@@H](O)c2cccs2)CC1. The Morgan fingerprint density at radius 1 is 1.31 bits per heavy atom. The molecule has 136 valence electrons.